The minimum atomic E-state index is -4.45. The van der Waals surface area contributed by atoms with Gasteiger partial charge >= 0.3 is 18.1 Å². The largest absolute Gasteiger partial charge is 0.493 e. The normalized spacial score (nSPS) is 18.4. The summed E-state index contributed by atoms with van der Waals surface area (Å²) in [5, 5.41) is 43.5. The molecule has 1 amide bonds. The molecule has 0 saturated heterocycles. The van der Waals surface area contributed by atoms with Crippen molar-refractivity contribution in [2.24, 2.45) is 11.8 Å². The van der Waals surface area contributed by atoms with Gasteiger partial charge in [-0.25, -0.2) is 9.59 Å². The number of aryl methyl sites for hydroxylation is 1. The standard InChI is InChI=1S/C43H47F3N2O12/c1-57-39-24-29(16-21-41(53)59-33-11-7-9-30(23-33)27-58-48(55)56)15-20-38(39)60-42(54)26-47-40(52)13-5-3-2-4-12-34-35(37(51)25-36(34)50)19-18-32(49)17-14-28-8-6-10-31(22-28)43(44,45)46/h2,4,6-11,15-16,18-24,32,34-37,49-51H,3,5,12-14,17,25-27H2,1H3,(H,47,52)/b4-2-,19-18+,21-16+/t32-,34+,35+,36-,37+/m0/s1. The maximum absolute atomic E-state index is 13.0. The van der Waals surface area contributed by atoms with Crippen LogP contribution in [0.3, 0.4) is 0 Å². The minimum absolute atomic E-state index is 0.0817. The van der Waals surface area contributed by atoms with Crippen LogP contribution in [0.2, 0.25) is 0 Å². The molecule has 17 heteroatoms. The van der Waals surface area contributed by atoms with Gasteiger partial charge in [-0.1, -0.05) is 60.7 Å². The van der Waals surface area contributed by atoms with Gasteiger partial charge in [0, 0.05) is 24.8 Å². The summed E-state index contributed by atoms with van der Waals surface area (Å²) >= 11 is 0. The Bertz CT molecular complexity index is 2020. The number of benzene rings is 3. The monoisotopic (exact) mass is 840 g/mol. The van der Waals surface area contributed by atoms with Gasteiger partial charge in [-0.2, -0.15) is 13.2 Å². The number of nitrogens with zero attached hydrogens (tertiary/aromatic N) is 1. The number of aliphatic hydroxyl groups is 3. The van der Waals surface area contributed by atoms with Gasteiger partial charge in [0.25, 0.3) is 5.09 Å². The SMILES string of the molecule is COc1cc(/C=C/C(=O)Oc2cccc(CO[N+](=O)[O-])c2)ccc1OC(=O)CNC(=O)CCC/C=C\C[C@@H]1[C@@H](/C=C/[C@@H](O)CCc2cccc(C(F)(F)F)c2)[C@H](O)C[C@@H]1O. The zero-order valence-corrected chi connectivity index (χ0v) is 32.7. The second-order valence-electron chi connectivity index (χ2n) is 14.0. The topological polar surface area (TPSA) is 204 Å². The number of rotatable bonds is 21. The van der Waals surface area contributed by atoms with Gasteiger partial charge < -0.3 is 39.7 Å². The smallest absolute Gasteiger partial charge is 0.416 e. The van der Waals surface area contributed by atoms with Gasteiger partial charge in [0.2, 0.25) is 5.91 Å². The molecule has 322 valence electrons. The van der Waals surface area contributed by atoms with Gasteiger partial charge in [-0.15, -0.1) is 10.1 Å². The third-order valence-corrected chi connectivity index (χ3v) is 9.51. The Morgan fingerprint density at radius 2 is 1.75 bits per heavy atom. The van der Waals surface area contributed by atoms with Crippen molar-refractivity contribution < 1.29 is 67.0 Å². The molecular weight excluding hydrogens is 793 g/mol. The van der Waals surface area contributed by atoms with Crippen molar-refractivity contribution in [3.05, 3.63) is 129 Å². The molecule has 0 aromatic heterocycles. The van der Waals surface area contributed by atoms with E-state index in [0.717, 1.165) is 18.2 Å². The van der Waals surface area contributed by atoms with Crippen molar-refractivity contribution in [3.63, 3.8) is 0 Å². The highest BCUT2D eigenvalue weighted by atomic mass is 19.4. The fourth-order valence-corrected chi connectivity index (χ4v) is 6.46. The van der Waals surface area contributed by atoms with Gasteiger partial charge in [0.1, 0.15) is 18.9 Å². The van der Waals surface area contributed by atoms with E-state index in [1.165, 1.54) is 49.6 Å². The molecule has 0 bridgehead atoms. The Kier molecular flexibility index (Phi) is 17.8. The van der Waals surface area contributed by atoms with E-state index >= 15 is 0 Å². The van der Waals surface area contributed by atoms with Crippen LogP contribution in [0.5, 0.6) is 17.2 Å². The van der Waals surface area contributed by atoms with Crippen LogP contribution >= 0.6 is 0 Å². The van der Waals surface area contributed by atoms with Crippen LogP contribution in [-0.4, -0.2) is 70.2 Å². The Morgan fingerprint density at radius 3 is 2.50 bits per heavy atom. The molecule has 60 heavy (non-hydrogen) atoms. The number of aliphatic hydroxyl groups excluding tert-OH is 3. The molecule has 3 aromatic carbocycles. The Balaban J connectivity index is 1.14. The van der Waals surface area contributed by atoms with Crippen molar-refractivity contribution in [2.75, 3.05) is 13.7 Å². The summed E-state index contributed by atoms with van der Waals surface area (Å²) in [6.45, 7) is -0.706. The molecule has 14 nitrogen and oxygen atoms in total. The Morgan fingerprint density at radius 1 is 0.983 bits per heavy atom. The van der Waals surface area contributed by atoms with Gasteiger partial charge in [-0.3, -0.25) is 4.79 Å². The number of amides is 1. The summed E-state index contributed by atoms with van der Waals surface area (Å²) in [7, 11) is 1.36. The van der Waals surface area contributed by atoms with Crippen LogP contribution in [0.1, 0.15) is 60.8 Å². The van der Waals surface area contributed by atoms with Gasteiger partial charge in [-0.05, 0) is 91.1 Å². The van der Waals surface area contributed by atoms with Gasteiger partial charge in [0.05, 0.1) is 31.0 Å². The van der Waals surface area contributed by atoms with E-state index in [0.29, 0.717) is 36.0 Å². The summed E-state index contributed by atoms with van der Waals surface area (Å²) in [6, 6.07) is 15.5. The Labute approximate surface area is 344 Å². The summed E-state index contributed by atoms with van der Waals surface area (Å²) in [5.74, 6) is -2.17. The highest BCUT2D eigenvalue weighted by molar-refractivity contribution is 5.89. The molecule has 0 radical (unpaired) electrons. The summed E-state index contributed by atoms with van der Waals surface area (Å²) in [5.41, 5.74) is 0.634. The van der Waals surface area contributed by atoms with Crippen LogP contribution in [-0.2, 0) is 38.4 Å². The highest BCUT2D eigenvalue weighted by Gasteiger charge is 2.39. The average molecular weight is 841 g/mol. The first kappa shape index (κ1) is 46.6. The number of methoxy groups -OCH3 is 1. The van der Waals surface area contributed by atoms with E-state index < -0.39 is 59.5 Å². The third-order valence-electron chi connectivity index (χ3n) is 9.51. The molecule has 0 heterocycles. The second kappa shape index (κ2) is 22.9. The van der Waals surface area contributed by atoms with Crippen LogP contribution < -0.4 is 19.5 Å². The number of alkyl halides is 3. The lowest BCUT2D eigenvalue weighted by Crippen LogP contribution is -2.31. The first-order valence-electron chi connectivity index (χ1n) is 19.1. The van der Waals surface area contributed by atoms with Crippen LogP contribution in [0.4, 0.5) is 13.2 Å². The molecule has 5 atom stereocenters. The lowest BCUT2D eigenvalue weighted by Gasteiger charge is -2.19. The molecule has 1 saturated carbocycles. The molecular formula is C43H47F3N2O12. The van der Waals surface area contributed by atoms with Crippen molar-refractivity contribution in [1.82, 2.24) is 5.32 Å². The molecule has 0 unspecified atom stereocenters. The number of ether oxygens (including phenoxy) is 3. The number of allylic oxidation sites excluding steroid dienone is 2. The number of unbranched alkanes of at least 4 members (excludes halogenated alkanes) is 1. The molecule has 1 aliphatic rings. The number of hydrogen-bond acceptors (Lipinski definition) is 12. The number of hydrogen-bond donors (Lipinski definition) is 4. The quantitative estimate of drug-likeness (QED) is 0.0183. The predicted molar refractivity (Wildman–Crippen MR) is 211 cm³/mol. The summed E-state index contributed by atoms with van der Waals surface area (Å²) < 4.78 is 54.9. The Hall–Kier alpha value is -6.04. The fraction of sp³-hybridized carbons (Fsp3) is 0.372. The number of nitrogens with one attached hydrogen (secondary N) is 1. The number of carbonyl (C=O) groups is 3. The summed E-state index contributed by atoms with van der Waals surface area (Å²) in [4.78, 5) is 51.9. The van der Waals surface area contributed by atoms with E-state index in [2.05, 4.69) is 10.2 Å². The zero-order valence-electron chi connectivity index (χ0n) is 32.7. The average Bonchev–Trinajstić information content (AvgIpc) is 3.48. The number of carbonyl (C=O) groups excluding carboxylic acids is 3. The van der Waals surface area contributed by atoms with E-state index in [4.69, 9.17) is 14.2 Å². The van der Waals surface area contributed by atoms with E-state index in [9.17, 15) is 53.0 Å². The lowest BCUT2D eigenvalue weighted by molar-refractivity contribution is -0.763. The lowest BCUT2D eigenvalue weighted by atomic mass is 9.89. The molecule has 1 fully saturated rings. The fourth-order valence-electron chi connectivity index (χ4n) is 6.46. The zero-order chi connectivity index (χ0) is 43.7. The summed E-state index contributed by atoms with van der Waals surface area (Å²) in [6.07, 6.45) is 4.59. The maximum Gasteiger partial charge on any atom is 0.416 e. The molecule has 4 rings (SSSR count). The molecule has 1 aliphatic carbocycles. The van der Waals surface area contributed by atoms with Gasteiger partial charge in [0.15, 0.2) is 11.5 Å². The van der Waals surface area contributed by atoms with Crippen molar-refractivity contribution >= 4 is 23.9 Å². The van der Waals surface area contributed by atoms with Crippen LogP contribution in [0, 0.1) is 22.0 Å². The molecule has 3 aromatic rings. The van der Waals surface area contributed by atoms with Crippen molar-refractivity contribution in [3.8, 4) is 17.2 Å². The third kappa shape index (κ3) is 15.6. The molecule has 0 aliphatic heterocycles. The van der Waals surface area contributed by atoms with Crippen molar-refractivity contribution in [2.45, 2.75) is 76.0 Å². The second-order valence-corrected chi connectivity index (χ2v) is 14.0. The minimum Gasteiger partial charge on any atom is -0.493 e. The van der Waals surface area contributed by atoms with Crippen molar-refractivity contribution in [1.29, 1.82) is 0 Å². The highest BCUT2D eigenvalue weighted by Crippen LogP contribution is 2.37. The van der Waals surface area contributed by atoms with E-state index in [1.54, 1.807) is 30.3 Å². The first-order chi connectivity index (χ1) is 28.6. The molecule has 4 N–H and O–H groups in total. The van der Waals surface area contributed by atoms with Crippen LogP contribution in [0.25, 0.3) is 6.08 Å². The first-order valence-corrected chi connectivity index (χ1v) is 19.1. The van der Waals surface area contributed by atoms with Crippen LogP contribution in [0.15, 0.2) is 97.1 Å². The van der Waals surface area contributed by atoms with E-state index in [-0.39, 0.29) is 61.4 Å². The molecule has 0 spiro atoms. The number of halogens is 3. The predicted octanol–water partition coefficient (Wildman–Crippen LogP) is 6.09. The maximum atomic E-state index is 13.0. The van der Waals surface area contributed by atoms with E-state index in [1.807, 2.05) is 12.2 Å². The number of esters is 2.